The molecule has 1 aliphatic carbocycles. The molecule has 5 heteroatoms. The first-order chi connectivity index (χ1) is 11.1. The molecule has 0 aromatic heterocycles. The Morgan fingerprint density at radius 3 is 2.30 bits per heavy atom. The van der Waals surface area contributed by atoms with Crippen molar-refractivity contribution in [1.29, 1.82) is 0 Å². The van der Waals surface area contributed by atoms with E-state index in [4.69, 9.17) is 16.3 Å². The van der Waals surface area contributed by atoms with Gasteiger partial charge in [0.05, 0.1) is 6.42 Å². The molecule has 23 heavy (non-hydrogen) atoms. The Morgan fingerprint density at radius 1 is 1.04 bits per heavy atom. The summed E-state index contributed by atoms with van der Waals surface area (Å²) in [6, 6.07) is 7.23. The molecule has 1 N–H and O–H groups in total. The van der Waals surface area contributed by atoms with E-state index in [9.17, 15) is 9.59 Å². The van der Waals surface area contributed by atoms with Gasteiger partial charge in [0.15, 0.2) is 6.61 Å². The number of carbonyl (C=O) groups excluding carboxylic acids is 2. The third kappa shape index (κ3) is 7.04. The van der Waals surface area contributed by atoms with Gasteiger partial charge in [0.1, 0.15) is 0 Å². The van der Waals surface area contributed by atoms with Crippen LogP contribution in [0.2, 0.25) is 5.02 Å². The average Bonchev–Trinajstić information content (AvgIpc) is 2.50. The summed E-state index contributed by atoms with van der Waals surface area (Å²) in [4.78, 5) is 23.7. The van der Waals surface area contributed by atoms with Crippen LogP contribution in [0.15, 0.2) is 24.3 Å². The Kier molecular flexibility index (Phi) is 7.40. The standard InChI is InChI=1S/C18H24ClNO3/c19-15-10-8-14(9-11-15)12-18(22)23-13-17(21)20-16-6-4-2-1-3-5-7-16/h8-11,16H,1-7,12-13H2,(H,20,21). The second-order valence-electron chi connectivity index (χ2n) is 6.07. The summed E-state index contributed by atoms with van der Waals surface area (Å²) < 4.78 is 5.05. The van der Waals surface area contributed by atoms with Crippen molar-refractivity contribution >= 4 is 23.5 Å². The second-order valence-corrected chi connectivity index (χ2v) is 6.51. The number of rotatable bonds is 5. The van der Waals surface area contributed by atoms with Gasteiger partial charge in [-0.3, -0.25) is 9.59 Å². The van der Waals surface area contributed by atoms with Gasteiger partial charge in [0, 0.05) is 11.1 Å². The second kappa shape index (κ2) is 9.56. The molecular weight excluding hydrogens is 314 g/mol. The van der Waals surface area contributed by atoms with E-state index in [0.717, 1.165) is 31.2 Å². The third-order valence-corrected chi connectivity index (χ3v) is 4.35. The molecule has 0 heterocycles. The Bertz CT molecular complexity index is 508. The average molecular weight is 338 g/mol. The number of benzene rings is 1. The van der Waals surface area contributed by atoms with E-state index in [-0.39, 0.29) is 25.0 Å². The quantitative estimate of drug-likeness (QED) is 0.834. The Morgan fingerprint density at radius 2 is 1.65 bits per heavy atom. The van der Waals surface area contributed by atoms with E-state index in [1.165, 1.54) is 19.3 Å². The molecule has 1 aromatic rings. The van der Waals surface area contributed by atoms with Gasteiger partial charge < -0.3 is 10.1 Å². The van der Waals surface area contributed by atoms with Crippen LogP contribution in [-0.4, -0.2) is 24.5 Å². The molecule has 1 fully saturated rings. The van der Waals surface area contributed by atoms with Crippen LogP contribution >= 0.6 is 11.6 Å². The molecule has 0 spiro atoms. The Balaban J connectivity index is 1.68. The van der Waals surface area contributed by atoms with E-state index in [0.29, 0.717) is 5.02 Å². The molecule has 126 valence electrons. The van der Waals surface area contributed by atoms with Crippen LogP contribution in [0.3, 0.4) is 0 Å². The number of carbonyl (C=O) groups is 2. The lowest BCUT2D eigenvalue weighted by atomic mass is 9.97. The first kappa shape index (κ1) is 17.8. The van der Waals surface area contributed by atoms with E-state index < -0.39 is 5.97 Å². The van der Waals surface area contributed by atoms with Crippen LogP contribution in [0.4, 0.5) is 0 Å². The molecule has 0 aliphatic heterocycles. The number of hydrogen-bond donors (Lipinski definition) is 1. The minimum atomic E-state index is -0.403. The first-order valence-electron chi connectivity index (χ1n) is 8.33. The van der Waals surface area contributed by atoms with Crippen LogP contribution in [-0.2, 0) is 20.7 Å². The summed E-state index contributed by atoms with van der Waals surface area (Å²) in [6.07, 6.45) is 8.26. The molecule has 0 bridgehead atoms. The summed E-state index contributed by atoms with van der Waals surface area (Å²) in [5.74, 6) is -0.611. The number of esters is 1. The lowest BCUT2D eigenvalue weighted by Crippen LogP contribution is -2.38. The van der Waals surface area contributed by atoms with Gasteiger partial charge in [0.2, 0.25) is 0 Å². The minimum absolute atomic E-state index is 0.147. The van der Waals surface area contributed by atoms with Crippen molar-refractivity contribution in [2.75, 3.05) is 6.61 Å². The highest BCUT2D eigenvalue weighted by Gasteiger charge is 2.15. The molecule has 0 radical (unpaired) electrons. The van der Waals surface area contributed by atoms with Crippen molar-refractivity contribution in [2.45, 2.75) is 57.4 Å². The van der Waals surface area contributed by atoms with E-state index in [1.54, 1.807) is 24.3 Å². The molecular formula is C18H24ClNO3. The third-order valence-electron chi connectivity index (χ3n) is 4.10. The van der Waals surface area contributed by atoms with Crippen molar-refractivity contribution < 1.29 is 14.3 Å². The van der Waals surface area contributed by atoms with Crippen LogP contribution in [0.25, 0.3) is 0 Å². The lowest BCUT2D eigenvalue weighted by Gasteiger charge is -2.20. The summed E-state index contributed by atoms with van der Waals surface area (Å²) in [5, 5.41) is 3.61. The fourth-order valence-corrected chi connectivity index (χ4v) is 2.96. The molecule has 1 amide bonds. The van der Waals surface area contributed by atoms with E-state index in [2.05, 4.69) is 5.32 Å². The van der Waals surface area contributed by atoms with Gasteiger partial charge in [-0.2, -0.15) is 0 Å². The zero-order chi connectivity index (χ0) is 16.5. The highest BCUT2D eigenvalue weighted by molar-refractivity contribution is 6.30. The maximum absolute atomic E-state index is 11.9. The molecule has 1 aliphatic rings. The van der Waals surface area contributed by atoms with Crippen molar-refractivity contribution in [3.8, 4) is 0 Å². The number of ether oxygens (including phenoxy) is 1. The smallest absolute Gasteiger partial charge is 0.310 e. The Hall–Kier alpha value is -1.55. The number of hydrogen-bond acceptors (Lipinski definition) is 3. The zero-order valence-corrected chi connectivity index (χ0v) is 14.1. The van der Waals surface area contributed by atoms with Gasteiger partial charge >= 0.3 is 5.97 Å². The van der Waals surface area contributed by atoms with Crippen LogP contribution < -0.4 is 5.32 Å². The maximum Gasteiger partial charge on any atom is 0.310 e. The van der Waals surface area contributed by atoms with Gasteiger partial charge in [-0.25, -0.2) is 0 Å². The van der Waals surface area contributed by atoms with Crippen LogP contribution in [0.1, 0.15) is 50.5 Å². The minimum Gasteiger partial charge on any atom is -0.455 e. The highest BCUT2D eigenvalue weighted by atomic mass is 35.5. The monoisotopic (exact) mass is 337 g/mol. The topological polar surface area (TPSA) is 55.4 Å². The lowest BCUT2D eigenvalue weighted by molar-refractivity contribution is -0.148. The molecule has 4 nitrogen and oxygen atoms in total. The zero-order valence-electron chi connectivity index (χ0n) is 13.4. The fraction of sp³-hybridized carbons (Fsp3) is 0.556. The normalized spacial score (nSPS) is 16.2. The van der Waals surface area contributed by atoms with Crippen molar-refractivity contribution in [1.82, 2.24) is 5.32 Å². The van der Waals surface area contributed by atoms with Crippen molar-refractivity contribution in [2.24, 2.45) is 0 Å². The highest BCUT2D eigenvalue weighted by Crippen LogP contribution is 2.17. The predicted octanol–water partition coefficient (Wildman–Crippen LogP) is 3.65. The maximum atomic E-state index is 11.9. The number of halogens is 1. The van der Waals surface area contributed by atoms with Gasteiger partial charge in [-0.1, -0.05) is 55.8 Å². The van der Waals surface area contributed by atoms with E-state index in [1.807, 2.05) is 0 Å². The van der Waals surface area contributed by atoms with Crippen LogP contribution in [0.5, 0.6) is 0 Å². The molecule has 1 aromatic carbocycles. The SMILES string of the molecule is O=C(COC(=O)Cc1ccc(Cl)cc1)NC1CCCCCCC1. The first-order valence-corrected chi connectivity index (χ1v) is 8.71. The summed E-state index contributed by atoms with van der Waals surface area (Å²) in [6.45, 7) is -0.205. The predicted molar refractivity (Wildman–Crippen MR) is 90.4 cm³/mol. The summed E-state index contributed by atoms with van der Waals surface area (Å²) in [7, 11) is 0. The molecule has 1 saturated carbocycles. The van der Waals surface area contributed by atoms with E-state index >= 15 is 0 Å². The summed E-state index contributed by atoms with van der Waals surface area (Å²) >= 11 is 5.80. The van der Waals surface area contributed by atoms with Gasteiger partial charge in [-0.15, -0.1) is 0 Å². The van der Waals surface area contributed by atoms with Crippen LogP contribution in [0, 0.1) is 0 Å². The molecule has 0 atom stereocenters. The van der Waals surface area contributed by atoms with Crippen molar-refractivity contribution in [3.63, 3.8) is 0 Å². The Labute approximate surface area is 142 Å². The van der Waals surface area contributed by atoms with Gasteiger partial charge in [-0.05, 0) is 30.5 Å². The number of amides is 1. The van der Waals surface area contributed by atoms with Crippen molar-refractivity contribution in [3.05, 3.63) is 34.9 Å². The molecule has 0 unspecified atom stereocenters. The molecule has 2 rings (SSSR count). The fourth-order valence-electron chi connectivity index (χ4n) is 2.84. The molecule has 0 saturated heterocycles. The number of nitrogens with one attached hydrogen (secondary N) is 1. The summed E-state index contributed by atoms with van der Waals surface area (Å²) in [5.41, 5.74) is 0.819. The largest absolute Gasteiger partial charge is 0.455 e. The van der Waals surface area contributed by atoms with Gasteiger partial charge in [0.25, 0.3) is 5.91 Å².